The van der Waals surface area contributed by atoms with Gasteiger partial charge < -0.3 is 14.0 Å². The predicted octanol–water partition coefficient (Wildman–Crippen LogP) is 4.45. The number of hydrogen-bond donors (Lipinski definition) is 0. The molecule has 1 aliphatic rings. The zero-order valence-electron chi connectivity index (χ0n) is 16.9. The summed E-state index contributed by atoms with van der Waals surface area (Å²) in [7, 11) is 0. The largest absolute Gasteiger partial charge is 0.494 e. The number of ketones is 1. The summed E-state index contributed by atoms with van der Waals surface area (Å²) in [4.78, 5) is 28.0. The molecule has 150 valence electrons. The number of carbonyl (C=O) groups excluding carboxylic acids is 2. The molecule has 0 radical (unpaired) electrons. The lowest BCUT2D eigenvalue weighted by molar-refractivity contribution is -0.127. The van der Waals surface area contributed by atoms with Crippen molar-refractivity contribution in [1.82, 2.24) is 9.30 Å². The summed E-state index contributed by atoms with van der Waals surface area (Å²) in [6.07, 6.45) is 3.73. The number of hydrogen-bond acceptors (Lipinski definition) is 3. The highest BCUT2D eigenvalue weighted by Gasteiger charge is 2.30. The summed E-state index contributed by atoms with van der Waals surface area (Å²) in [5.41, 5.74) is 2.97. The molecule has 3 aromatic rings. The first-order chi connectivity index (χ1) is 14.1. The fourth-order valence-electron chi connectivity index (χ4n) is 3.93. The summed E-state index contributed by atoms with van der Waals surface area (Å²) in [6.45, 7) is 6.02. The Morgan fingerprint density at radius 2 is 1.79 bits per heavy atom. The maximum Gasteiger partial charge on any atom is 0.296 e. The normalized spacial score (nSPS) is 14.9. The number of fused-ring (bicyclic) bond motifs is 1. The molecule has 29 heavy (non-hydrogen) atoms. The average molecular weight is 390 g/mol. The van der Waals surface area contributed by atoms with Crippen LogP contribution in [0.2, 0.25) is 0 Å². The standard InChI is InChI=1S/C24H26N2O3/c1-3-29-20-9-7-18(8-10-20)21-16-19-6-4-5-13-26(19)22(21)23(27)24(28)25-14-11-17(2)12-15-25/h4-10,13,16-17H,3,11-12,14-15H2,1-2H3. The van der Waals surface area contributed by atoms with Crippen molar-refractivity contribution >= 4 is 17.2 Å². The molecule has 5 heteroatoms. The van der Waals surface area contributed by atoms with E-state index in [-0.39, 0.29) is 0 Å². The third kappa shape index (κ3) is 3.77. The van der Waals surface area contributed by atoms with Gasteiger partial charge in [-0.15, -0.1) is 0 Å². The Morgan fingerprint density at radius 1 is 1.07 bits per heavy atom. The van der Waals surface area contributed by atoms with Crippen LogP contribution in [0.15, 0.2) is 54.7 Å². The van der Waals surface area contributed by atoms with Crippen molar-refractivity contribution in [2.75, 3.05) is 19.7 Å². The van der Waals surface area contributed by atoms with Crippen LogP contribution < -0.4 is 4.74 Å². The minimum Gasteiger partial charge on any atom is -0.494 e. The fraction of sp³-hybridized carbons (Fsp3) is 0.333. The van der Waals surface area contributed by atoms with Crippen molar-refractivity contribution in [2.24, 2.45) is 5.92 Å². The Kier molecular flexibility index (Phi) is 5.38. The van der Waals surface area contributed by atoms with Gasteiger partial charge in [0.2, 0.25) is 0 Å². The van der Waals surface area contributed by atoms with Gasteiger partial charge in [-0.05, 0) is 61.6 Å². The lowest BCUT2D eigenvalue weighted by atomic mass is 9.98. The molecule has 5 nitrogen and oxygen atoms in total. The van der Waals surface area contributed by atoms with E-state index in [1.807, 2.05) is 66.1 Å². The molecule has 0 saturated carbocycles. The van der Waals surface area contributed by atoms with Crippen molar-refractivity contribution in [2.45, 2.75) is 26.7 Å². The van der Waals surface area contributed by atoms with Crippen molar-refractivity contribution in [1.29, 1.82) is 0 Å². The Balaban J connectivity index is 1.73. The van der Waals surface area contributed by atoms with E-state index in [0.29, 0.717) is 31.3 Å². The van der Waals surface area contributed by atoms with Gasteiger partial charge in [0.25, 0.3) is 11.7 Å². The molecule has 1 saturated heterocycles. The molecule has 0 N–H and O–H groups in total. The monoisotopic (exact) mass is 390 g/mol. The number of pyridine rings is 1. The topological polar surface area (TPSA) is 51.0 Å². The minimum absolute atomic E-state index is 0.409. The number of piperidine rings is 1. The molecule has 1 amide bonds. The summed E-state index contributed by atoms with van der Waals surface area (Å²) in [6, 6.07) is 15.4. The van der Waals surface area contributed by atoms with Crippen LogP contribution in [-0.2, 0) is 4.79 Å². The summed E-state index contributed by atoms with van der Waals surface area (Å²) in [5.74, 6) is 0.525. The van der Waals surface area contributed by atoms with Crippen LogP contribution >= 0.6 is 0 Å². The number of likely N-dealkylation sites (tertiary alicyclic amines) is 1. The smallest absolute Gasteiger partial charge is 0.296 e. The Bertz CT molecular complexity index is 1030. The lowest BCUT2D eigenvalue weighted by Crippen LogP contribution is -2.42. The number of aromatic nitrogens is 1. The highest BCUT2D eigenvalue weighted by molar-refractivity contribution is 6.43. The fourth-order valence-corrected chi connectivity index (χ4v) is 3.93. The highest BCUT2D eigenvalue weighted by atomic mass is 16.5. The van der Waals surface area contributed by atoms with Gasteiger partial charge >= 0.3 is 0 Å². The zero-order chi connectivity index (χ0) is 20.4. The van der Waals surface area contributed by atoms with Crippen molar-refractivity contribution < 1.29 is 14.3 Å². The minimum atomic E-state index is -0.449. The Labute approximate surface area is 170 Å². The molecule has 0 bridgehead atoms. The van der Waals surface area contributed by atoms with Crippen LogP contribution in [-0.4, -0.2) is 40.7 Å². The number of rotatable bonds is 5. The maximum atomic E-state index is 13.3. The van der Waals surface area contributed by atoms with Crippen LogP contribution in [0.3, 0.4) is 0 Å². The number of nitrogens with zero attached hydrogens (tertiary/aromatic N) is 2. The average Bonchev–Trinajstić information content (AvgIpc) is 3.13. The van der Waals surface area contributed by atoms with Crippen LogP contribution in [0.1, 0.15) is 37.2 Å². The van der Waals surface area contributed by atoms with Crippen LogP contribution in [0.25, 0.3) is 16.6 Å². The van der Waals surface area contributed by atoms with Gasteiger partial charge in [0.1, 0.15) is 11.4 Å². The van der Waals surface area contributed by atoms with E-state index in [1.54, 1.807) is 4.90 Å². The Hall–Kier alpha value is -3.08. The van der Waals surface area contributed by atoms with E-state index in [9.17, 15) is 9.59 Å². The number of carbonyl (C=O) groups is 2. The number of benzene rings is 1. The first kappa shape index (κ1) is 19.2. The third-order valence-electron chi connectivity index (χ3n) is 5.64. The molecular weight excluding hydrogens is 364 g/mol. The van der Waals surface area contributed by atoms with E-state index >= 15 is 0 Å². The molecule has 0 aliphatic carbocycles. The molecule has 2 aromatic heterocycles. The summed E-state index contributed by atoms with van der Waals surface area (Å²) < 4.78 is 7.34. The molecule has 0 atom stereocenters. The van der Waals surface area contributed by atoms with E-state index in [1.165, 1.54) is 0 Å². The van der Waals surface area contributed by atoms with Crippen molar-refractivity contribution in [3.63, 3.8) is 0 Å². The molecule has 1 fully saturated rings. The first-order valence-corrected chi connectivity index (χ1v) is 10.3. The first-order valence-electron chi connectivity index (χ1n) is 10.3. The maximum absolute atomic E-state index is 13.3. The third-order valence-corrected chi connectivity index (χ3v) is 5.64. The van der Waals surface area contributed by atoms with Gasteiger partial charge in [-0.3, -0.25) is 9.59 Å². The molecule has 4 rings (SSSR count). The van der Waals surface area contributed by atoms with E-state index in [0.717, 1.165) is 35.2 Å². The van der Waals surface area contributed by atoms with Crippen LogP contribution in [0.4, 0.5) is 0 Å². The molecule has 0 unspecified atom stereocenters. The van der Waals surface area contributed by atoms with E-state index in [2.05, 4.69) is 6.92 Å². The van der Waals surface area contributed by atoms with Crippen LogP contribution in [0, 0.1) is 5.92 Å². The summed E-state index contributed by atoms with van der Waals surface area (Å²) in [5, 5.41) is 0. The molecule has 0 spiro atoms. The zero-order valence-corrected chi connectivity index (χ0v) is 16.9. The number of ether oxygens (including phenoxy) is 1. The molecule has 1 aromatic carbocycles. The van der Waals surface area contributed by atoms with Gasteiger partial charge in [-0.1, -0.05) is 25.1 Å². The second kappa shape index (κ2) is 8.11. The lowest BCUT2D eigenvalue weighted by Gasteiger charge is -2.29. The quantitative estimate of drug-likeness (QED) is 0.478. The Morgan fingerprint density at radius 3 is 2.48 bits per heavy atom. The number of amides is 1. The highest BCUT2D eigenvalue weighted by Crippen LogP contribution is 2.30. The van der Waals surface area contributed by atoms with Crippen molar-refractivity contribution in [3.05, 3.63) is 60.4 Å². The second-order valence-electron chi connectivity index (χ2n) is 7.66. The van der Waals surface area contributed by atoms with Gasteiger partial charge in [-0.2, -0.15) is 0 Å². The second-order valence-corrected chi connectivity index (χ2v) is 7.66. The van der Waals surface area contributed by atoms with Gasteiger partial charge in [0, 0.05) is 30.4 Å². The van der Waals surface area contributed by atoms with Gasteiger partial charge in [0.15, 0.2) is 0 Å². The van der Waals surface area contributed by atoms with E-state index in [4.69, 9.17) is 4.74 Å². The number of Topliss-reactive ketones (excluding diaryl/α,β-unsaturated/α-hetero) is 1. The van der Waals surface area contributed by atoms with E-state index < -0.39 is 11.7 Å². The molecule has 3 heterocycles. The van der Waals surface area contributed by atoms with Crippen LogP contribution in [0.5, 0.6) is 5.75 Å². The molecular formula is C24H26N2O3. The SMILES string of the molecule is CCOc1ccc(-c2cc3ccccn3c2C(=O)C(=O)N2CCC(C)CC2)cc1. The van der Waals surface area contributed by atoms with Crippen molar-refractivity contribution in [3.8, 4) is 16.9 Å². The van der Waals surface area contributed by atoms with Gasteiger partial charge in [0.05, 0.1) is 6.61 Å². The summed E-state index contributed by atoms with van der Waals surface area (Å²) >= 11 is 0. The molecule has 1 aliphatic heterocycles. The predicted molar refractivity (Wildman–Crippen MR) is 113 cm³/mol. The van der Waals surface area contributed by atoms with Gasteiger partial charge in [-0.25, -0.2) is 0 Å².